The first-order valence-corrected chi connectivity index (χ1v) is 10.5. The number of benzene rings is 1. The molecule has 0 spiro atoms. The van der Waals surface area contributed by atoms with Crippen LogP contribution in [0, 0.1) is 6.92 Å². The van der Waals surface area contributed by atoms with Crippen LogP contribution in [0.1, 0.15) is 10.7 Å². The summed E-state index contributed by atoms with van der Waals surface area (Å²) in [4.78, 5) is 23.8. The van der Waals surface area contributed by atoms with Gasteiger partial charge in [0.05, 0.1) is 23.7 Å². The molecule has 8 heteroatoms. The molecule has 0 N–H and O–H groups in total. The number of nitrogens with zero attached hydrogens (tertiary/aromatic N) is 5. The second-order valence-corrected chi connectivity index (χ2v) is 8.00. The summed E-state index contributed by atoms with van der Waals surface area (Å²) >= 11 is 1.70. The van der Waals surface area contributed by atoms with Gasteiger partial charge in [-0.2, -0.15) is 9.50 Å². The van der Waals surface area contributed by atoms with Gasteiger partial charge >= 0.3 is 0 Å². The first kappa shape index (κ1) is 18.5. The fourth-order valence-corrected chi connectivity index (χ4v) is 4.32. The Morgan fingerprint density at radius 1 is 1.13 bits per heavy atom. The summed E-state index contributed by atoms with van der Waals surface area (Å²) in [7, 11) is 1.62. The predicted octanol–water partition coefficient (Wildman–Crippen LogP) is 3.73. The van der Waals surface area contributed by atoms with Crippen LogP contribution in [0.3, 0.4) is 0 Å². The zero-order valence-electron chi connectivity index (χ0n) is 16.6. The molecule has 4 aromatic heterocycles. The van der Waals surface area contributed by atoms with Crippen LogP contribution < -0.4 is 10.3 Å². The van der Waals surface area contributed by atoms with Crippen molar-refractivity contribution in [3.8, 4) is 17.0 Å². The SMILES string of the molecule is COc1cccc(-c2c3c(=O)n(CCc4cccs4)ccc3nc3nc(C)nn23)c1. The number of methoxy groups -OCH3 is 1. The van der Waals surface area contributed by atoms with Gasteiger partial charge in [-0.1, -0.05) is 18.2 Å². The third-order valence-electron chi connectivity index (χ3n) is 5.03. The molecule has 0 aliphatic carbocycles. The lowest BCUT2D eigenvalue weighted by molar-refractivity contribution is 0.415. The van der Waals surface area contributed by atoms with Gasteiger partial charge < -0.3 is 9.30 Å². The minimum Gasteiger partial charge on any atom is -0.497 e. The van der Waals surface area contributed by atoms with Crippen molar-refractivity contribution in [1.29, 1.82) is 0 Å². The molecule has 7 nitrogen and oxygen atoms in total. The highest BCUT2D eigenvalue weighted by molar-refractivity contribution is 7.09. The number of pyridine rings is 1. The van der Waals surface area contributed by atoms with Crippen LogP contribution in [0.2, 0.25) is 0 Å². The lowest BCUT2D eigenvalue weighted by Gasteiger charge is -2.12. The van der Waals surface area contributed by atoms with Gasteiger partial charge in [-0.25, -0.2) is 4.98 Å². The van der Waals surface area contributed by atoms with Crippen molar-refractivity contribution in [1.82, 2.24) is 24.1 Å². The highest BCUT2D eigenvalue weighted by Crippen LogP contribution is 2.28. The van der Waals surface area contributed by atoms with Crippen molar-refractivity contribution < 1.29 is 4.74 Å². The summed E-state index contributed by atoms with van der Waals surface area (Å²) in [5.41, 5.74) is 2.00. The summed E-state index contributed by atoms with van der Waals surface area (Å²) in [5.74, 6) is 1.77. The van der Waals surface area contributed by atoms with Crippen LogP contribution in [0.5, 0.6) is 5.75 Å². The highest BCUT2D eigenvalue weighted by Gasteiger charge is 2.18. The number of aromatic nitrogens is 5. The van der Waals surface area contributed by atoms with Crippen LogP contribution in [0.15, 0.2) is 58.8 Å². The van der Waals surface area contributed by atoms with E-state index in [2.05, 4.69) is 21.1 Å². The Hall–Kier alpha value is -3.52. The van der Waals surface area contributed by atoms with Crippen LogP contribution in [-0.4, -0.2) is 31.3 Å². The first-order chi connectivity index (χ1) is 14.6. The Morgan fingerprint density at radius 2 is 2.03 bits per heavy atom. The summed E-state index contributed by atoms with van der Waals surface area (Å²) in [5, 5.41) is 7.08. The maximum Gasteiger partial charge on any atom is 0.262 e. The molecule has 0 saturated heterocycles. The van der Waals surface area contributed by atoms with Crippen LogP contribution in [-0.2, 0) is 13.0 Å². The third-order valence-corrected chi connectivity index (χ3v) is 5.97. The summed E-state index contributed by atoms with van der Waals surface area (Å²) in [6, 6.07) is 13.6. The number of fused-ring (bicyclic) bond motifs is 2. The molecule has 0 fully saturated rings. The van der Waals surface area contributed by atoms with Crippen molar-refractivity contribution in [2.24, 2.45) is 0 Å². The highest BCUT2D eigenvalue weighted by atomic mass is 32.1. The molecule has 0 unspecified atom stereocenters. The minimum atomic E-state index is -0.0931. The number of hydrogen-bond donors (Lipinski definition) is 0. The van der Waals surface area contributed by atoms with E-state index in [0.29, 0.717) is 40.5 Å². The van der Waals surface area contributed by atoms with Crippen molar-refractivity contribution in [2.75, 3.05) is 7.11 Å². The quantitative estimate of drug-likeness (QED) is 0.436. The first-order valence-electron chi connectivity index (χ1n) is 9.57. The molecule has 0 aliphatic heterocycles. The van der Waals surface area contributed by atoms with Crippen LogP contribution in [0.4, 0.5) is 0 Å². The minimum absolute atomic E-state index is 0.0931. The fourth-order valence-electron chi connectivity index (χ4n) is 3.62. The molecule has 0 amide bonds. The van der Waals surface area contributed by atoms with Crippen molar-refractivity contribution in [3.05, 3.63) is 75.1 Å². The molecular weight excluding hydrogens is 398 g/mol. The van der Waals surface area contributed by atoms with Gasteiger partial charge in [0.1, 0.15) is 11.6 Å². The summed E-state index contributed by atoms with van der Waals surface area (Å²) in [6.45, 7) is 2.41. The second-order valence-electron chi connectivity index (χ2n) is 6.97. The summed E-state index contributed by atoms with van der Waals surface area (Å²) < 4.78 is 8.79. The summed E-state index contributed by atoms with van der Waals surface area (Å²) in [6.07, 6.45) is 2.61. The largest absolute Gasteiger partial charge is 0.497 e. The lowest BCUT2D eigenvalue weighted by atomic mass is 10.1. The van der Waals surface area contributed by atoms with E-state index in [1.807, 2.05) is 48.7 Å². The Labute approximate surface area is 176 Å². The van der Waals surface area contributed by atoms with Gasteiger partial charge in [0.15, 0.2) is 0 Å². The lowest BCUT2D eigenvalue weighted by Crippen LogP contribution is -2.22. The number of thiophene rings is 1. The molecular formula is C22H19N5O2S. The van der Waals surface area contributed by atoms with E-state index < -0.39 is 0 Å². The third kappa shape index (κ3) is 3.15. The average Bonchev–Trinajstić information content (AvgIpc) is 3.40. The Morgan fingerprint density at radius 3 is 2.83 bits per heavy atom. The van der Waals surface area contributed by atoms with Crippen molar-refractivity contribution in [2.45, 2.75) is 19.9 Å². The molecule has 0 bridgehead atoms. The Kier molecular flexibility index (Phi) is 4.55. The fraction of sp³-hybridized carbons (Fsp3) is 0.182. The van der Waals surface area contributed by atoms with E-state index in [9.17, 15) is 4.79 Å². The van der Waals surface area contributed by atoms with Gasteiger partial charge in [0.25, 0.3) is 11.3 Å². The van der Waals surface area contributed by atoms with E-state index >= 15 is 0 Å². The number of aryl methyl sites for hydroxylation is 3. The predicted molar refractivity (Wildman–Crippen MR) is 117 cm³/mol. The van der Waals surface area contributed by atoms with E-state index in [1.54, 1.807) is 33.7 Å². The molecule has 5 rings (SSSR count). The number of rotatable bonds is 5. The van der Waals surface area contributed by atoms with E-state index in [-0.39, 0.29) is 5.56 Å². The molecule has 1 aromatic carbocycles. The smallest absolute Gasteiger partial charge is 0.262 e. The molecule has 5 aromatic rings. The van der Waals surface area contributed by atoms with Crippen molar-refractivity contribution >= 4 is 28.0 Å². The maximum atomic E-state index is 13.5. The van der Waals surface area contributed by atoms with Crippen molar-refractivity contribution in [3.63, 3.8) is 0 Å². The van der Waals surface area contributed by atoms with Crippen LogP contribution in [0.25, 0.3) is 27.9 Å². The van der Waals surface area contributed by atoms with E-state index in [0.717, 1.165) is 12.0 Å². The molecule has 150 valence electrons. The van der Waals surface area contributed by atoms with Gasteiger partial charge in [0.2, 0.25) is 0 Å². The average molecular weight is 417 g/mol. The maximum absolute atomic E-state index is 13.5. The van der Waals surface area contributed by atoms with Gasteiger partial charge in [-0.3, -0.25) is 4.79 Å². The molecule has 0 atom stereocenters. The Balaban J connectivity index is 1.76. The number of hydrogen-bond acceptors (Lipinski definition) is 6. The monoisotopic (exact) mass is 417 g/mol. The van der Waals surface area contributed by atoms with Gasteiger partial charge in [-0.05, 0) is 43.0 Å². The van der Waals surface area contributed by atoms with E-state index in [4.69, 9.17) is 4.74 Å². The Bertz CT molecular complexity index is 1420. The topological polar surface area (TPSA) is 74.3 Å². The molecule has 0 aliphatic rings. The number of ether oxygens (including phenoxy) is 1. The zero-order valence-corrected chi connectivity index (χ0v) is 17.4. The molecule has 4 heterocycles. The zero-order chi connectivity index (χ0) is 20.7. The normalized spacial score (nSPS) is 11.4. The second kappa shape index (κ2) is 7.38. The standard InChI is InChI=1S/C22H19N5O2S/c1-14-23-22-24-18-9-11-26(10-8-17-7-4-12-30-17)21(28)19(18)20(27(22)25-14)15-5-3-6-16(13-15)29-2/h3-7,9,11-13H,8,10H2,1-2H3. The van der Waals surface area contributed by atoms with Gasteiger partial charge in [-0.15, -0.1) is 16.4 Å². The van der Waals surface area contributed by atoms with Gasteiger partial charge in [0, 0.05) is 23.2 Å². The molecule has 0 saturated carbocycles. The van der Waals surface area contributed by atoms with Crippen LogP contribution >= 0.6 is 11.3 Å². The molecule has 0 radical (unpaired) electrons. The molecule has 30 heavy (non-hydrogen) atoms. The van der Waals surface area contributed by atoms with E-state index in [1.165, 1.54) is 4.88 Å².